The van der Waals surface area contributed by atoms with Crippen LogP contribution in [0.3, 0.4) is 0 Å². The van der Waals surface area contributed by atoms with E-state index in [9.17, 15) is 4.79 Å². The summed E-state index contributed by atoms with van der Waals surface area (Å²) in [5.74, 6) is 0.216. The van der Waals surface area contributed by atoms with E-state index in [1.807, 2.05) is 18.2 Å². The van der Waals surface area contributed by atoms with Crippen LogP contribution in [0.1, 0.15) is 110 Å². The van der Waals surface area contributed by atoms with Crippen LogP contribution in [0.4, 0.5) is 0 Å². The molecular weight excluding hydrogens is 434 g/mol. The molecule has 0 aliphatic carbocycles. The second-order valence-corrected chi connectivity index (χ2v) is 11.0. The lowest BCUT2D eigenvalue weighted by Gasteiger charge is -2.05. The summed E-state index contributed by atoms with van der Waals surface area (Å²) in [7, 11) is 0. The van der Waals surface area contributed by atoms with Crippen molar-refractivity contribution >= 4 is 39.3 Å². The van der Waals surface area contributed by atoms with Gasteiger partial charge >= 0.3 is 5.97 Å². The third-order valence-electron chi connectivity index (χ3n) is 5.85. The number of hydrogen-bond acceptors (Lipinski definition) is 5. The fourth-order valence-corrected chi connectivity index (χ4v) is 5.78. The van der Waals surface area contributed by atoms with Crippen LogP contribution in [0.25, 0.3) is 10.2 Å². The minimum absolute atomic E-state index is 0.129. The topological polar surface area (TPSA) is 39.2 Å². The summed E-state index contributed by atoms with van der Waals surface area (Å²) in [5, 5.41) is 0. The number of benzene rings is 1. The number of nitrogens with zero attached hydrogens (tertiary/aromatic N) is 1. The zero-order valence-corrected chi connectivity index (χ0v) is 21.8. The lowest BCUT2D eigenvalue weighted by atomic mass is 10.0. The Labute approximate surface area is 204 Å². The van der Waals surface area contributed by atoms with Gasteiger partial charge in [-0.15, -0.1) is 11.3 Å². The maximum atomic E-state index is 11.9. The van der Waals surface area contributed by atoms with Crippen molar-refractivity contribution in [3.8, 4) is 0 Å². The van der Waals surface area contributed by atoms with E-state index in [4.69, 9.17) is 4.74 Å². The normalized spacial score (nSPS) is 11.3. The Morgan fingerprint density at radius 3 is 1.91 bits per heavy atom. The highest BCUT2D eigenvalue weighted by Crippen LogP contribution is 2.29. The Hall–Kier alpha value is -1.07. The summed E-state index contributed by atoms with van der Waals surface area (Å²) in [5.41, 5.74) is 1.00. The largest absolute Gasteiger partial charge is 0.465 e. The van der Waals surface area contributed by atoms with Crippen molar-refractivity contribution in [3.05, 3.63) is 24.3 Å². The predicted molar refractivity (Wildman–Crippen MR) is 141 cm³/mol. The molecule has 1 heterocycles. The standard InChI is InChI=1S/C27H43NO2S2/c1-2-3-4-5-6-7-8-9-10-11-12-13-14-15-16-19-22-30-26(29)23-31-27-28-24-20-17-18-21-25(24)32-27/h17-18,20-21H,2-16,19,22-23H2,1H3. The van der Waals surface area contributed by atoms with Crippen molar-refractivity contribution in [1.82, 2.24) is 4.98 Å². The highest BCUT2D eigenvalue weighted by Gasteiger charge is 2.08. The van der Waals surface area contributed by atoms with Gasteiger partial charge in [-0.05, 0) is 18.6 Å². The molecule has 0 fully saturated rings. The Balaban J connectivity index is 1.31. The molecule has 1 aromatic heterocycles. The zero-order chi connectivity index (χ0) is 22.7. The Morgan fingerprint density at radius 1 is 0.812 bits per heavy atom. The first kappa shape index (κ1) is 27.2. The van der Waals surface area contributed by atoms with Gasteiger partial charge < -0.3 is 4.74 Å². The molecule has 0 amide bonds. The smallest absolute Gasteiger partial charge is 0.316 e. The highest BCUT2D eigenvalue weighted by atomic mass is 32.2. The van der Waals surface area contributed by atoms with Gasteiger partial charge in [0.05, 0.1) is 22.6 Å². The summed E-state index contributed by atoms with van der Waals surface area (Å²) >= 11 is 3.11. The summed E-state index contributed by atoms with van der Waals surface area (Å²) in [6.07, 6.45) is 21.7. The fourth-order valence-electron chi connectivity index (χ4n) is 3.91. The molecule has 0 aliphatic heterocycles. The van der Waals surface area contributed by atoms with E-state index in [2.05, 4.69) is 18.0 Å². The molecule has 0 saturated heterocycles. The summed E-state index contributed by atoms with van der Waals surface area (Å²) in [6.45, 7) is 2.84. The number of aromatic nitrogens is 1. The van der Waals surface area contributed by atoms with E-state index in [1.54, 1.807) is 11.3 Å². The Kier molecular flexibility index (Phi) is 15.6. The lowest BCUT2D eigenvalue weighted by molar-refractivity contribution is -0.140. The van der Waals surface area contributed by atoms with Crippen LogP contribution in [0, 0.1) is 0 Å². The zero-order valence-electron chi connectivity index (χ0n) is 20.1. The van der Waals surface area contributed by atoms with Crippen molar-refractivity contribution in [3.63, 3.8) is 0 Å². The molecule has 3 nitrogen and oxygen atoms in total. The molecule has 32 heavy (non-hydrogen) atoms. The molecule has 0 unspecified atom stereocenters. The van der Waals surface area contributed by atoms with E-state index in [0.717, 1.165) is 27.4 Å². The molecular formula is C27H43NO2S2. The van der Waals surface area contributed by atoms with E-state index in [-0.39, 0.29) is 5.97 Å². The highest BCUT2D eigenvalue weighted by molar-refractivity contribution is 8.01. The number of carbonyl (C=O) groups excluding carboxylic acids is 1. The number of hydrogen-bond donors (Lipinski definition) is 0. The maximum absolute atomic E-state index is 11.9. The average Bonchev–Trinajstić information content (AvgIpc) is 3.23. The first-order chi connectivity index (χ1) is 15.8. The van der Waals surface area contributed by atoms with Gasteiger partial charge in [-0.3, -0.25) is 4.79 Å². The van der Waals surface area contributed by atoms with Crippen molar-refractivity contribution in [2.45, 2.75) is 114 Å². The van der Waals surface area contributed by atoms with Gasteiger partial charge in [0.25, 0.3) is 0 Å². The molecule has 2 rings (SSSR count). The van der Waals surface area contributed by atoms with E-state index >= 15 is 0 Å². The minimum Gasteiger partial charge on any atom is -0.465 e. The molecule has 0 bridgehead atoms. The molecule has 0 radical (unpaired) electrons. The average molecular weight is 478 g/mol. The fraction of sp³-hybridized carbons (Fsp3) is 0.704. The van der Waals surface area contributed by atoms with E-state index in [0.29, 0.717) is 12.4 Å². The van der Waals surface area contributed by atoms with Gasteiger partial charge in [0.1, 0.15) is 0 Å². The third-order valence-corrected chi connectivity index (χ3v) is 8.00. The maximum Gasteiger partial charge on any atom is 0.316 e. The molecule has 2 aromatic rings. The van der Waals surface area contributed by atoms with Crippen LogP contribution in [-0.4, -0.2) is 23.3 Å². The lowest BCUT2D eigenvalue weighted by Crippen LogP contribution is -2.08. The second-order valence-electron chi connectivity index (χ2n) is 8.76. The molecule has 0 atom stereocenters. The van der Waals surface area contributed by atoms with Crippen LogP contribution in [0.15, 0.2) is 28.6 Å². The molecule has 5 heteroatoms. The molecule has 0 N–H and O–H groups in total. The molecule has 0 spiro atoms. The summed E-state index contributed by atoms with van der Waals surface area (Å²) in [6, 6.07) is 8.07. The quantitative estimate of drug-likeness (QED) is 0.108. The minimum atomic E-state index is -0.129. The number of rotatable bonds is 20. The first-order valence-electron chi connectivity index (χ1n) is 12.9. The molecule has 180 valence electrons. The monoisotopic (exact) mass is 477 g/mol. The van der Waals surface area contributed by atoms with Crippen LogP contribution in [-0.2, 0) is 9.53 Å². The molecule has 0 aliphatic rings. The number of esters is 1. The van der Waals surface area contributed by atoms with Gasteiger partial charge in [-0.25, -0.2) is 4.98 Å². The van der Waals surface area contributed by atoms with Crippen molar-refractivity contribution in [2.24, 2.45) is 0 Å². The summed E-state index contributed by atoms with van der Waals surface area (Å²) in [4.78, 5) is 16.5. The number of ether oxygens (including phenoxy) is 1. The third kappa shape index (κ3) is 12.8. The number of carbonyl (C=O) groups is 1. The Morgan fingerprint density at radius 2 is 1.34 bits per heavy atom. The number of thioether (sulfide) groups is 1. The molecule has 1 aromatic carbocycles. The van der Waals surface area contributed by atoms with Crippen LogP contribution >= 0.6 is 23.1 Å². The summed E-state index contributed by atoms with van der Waals surface area (Å²) < 4.78 is 7.47. The van der Waals surface area contributed by atoms with Gasteiger partial charge in [0.2, 0.25) is 0 Å². The van der Waals surface area contributed by atoms with Crippen LogP contribution in [0.5, 0.6) is 0 Å². The van der Waals surface area contributed by atoms with Gasteiger partial charge in [0.15, 0.2) is 4.34 Å². The van der Waals surface area contributed by atoms with Gasteiger partial charge in [-0.2, -0.15) is 0 Å². The number of unbranched alkanes of at least 4 members (excludes halogenated alkanes) is 15. The number of fused-ring (bicyclic) bond motifs is 1. The van der Waals surface area contributed by atoms with Gasteiger partial charge in [-0.1, -0.05) is 127 Å². The molecule has 0 saturated carbocycles. The second kappa shape index (κ2) is 18.4. The van der Waals surface area contributed by atoms with Crippen LogP contribution < -0.4 is 0 Å². The van der Waals surface area contributed by atoms with Crippen molar-refractivity contribution in [1.29, 1.82) is 0 Å². The Bertz CT molecular complexity index is 698. The van der Waals surface area contributed by atoms with E-state index in [1.165, 1.54) is 102 Å². The number of para-hydroxylation sites is 1. The predicted octanol–water partition coefficient (Wildman–Crippen LogP) is 9.19. The first-order valence-corrected chi connectivity index (χ1v) is 14.7. The van der Waals surface area contributed by atoms with Crippen molar-refractivity contribution in [2.75, 3.05) is 12.4 Å². The van der Waals surface area contributed by atoms with E-state index < -0.39 is 0 Å². The SMILES string of the molecule is CCCCCCCCCCCCCCCCCCOC(=O)CSc1nc2ccccc2s1. The van der Waals surface area contributed by atoms with Crippen molar-refractivity contribution < 1.29 is 9.53 Å². The number of thiazole rings is 1. The van der Waals surface area contributed by atoms with Crippen LogP contribution in [0.2, 0.25) is 0 Å². The van der Waals surface area contributed by atoms with Gasteiger partial charge in [0, 0.05) is 0 Å².